The van der Waals surface area contributed by atoms with E-state index in [4.69, 9.17) is 9.15 Å². The molecular formula is C14H13NO6S. The monoisotopic (exact) mass is 323 g/mol. The highest BCUT2D eigenvalue weighted by Gasteiger charge is 2.30. The molecule has 1 atom stereocenters. The van der Waals surface area contributed by atoms with E-state index in [2.05, 4.69) is 9.46 Å². The molecule has 116 valence electrons. The number of nitrogens with one attached hydrogen (secondary N) is 1. The SMILES string of the molecule is COC(=O)c1ccc(S(=O)(=O)NC2COc3ccccc32)o1. The lowest BCUT2D eigenvalue weighted by Crippen LogP contribution is -2.29. The van der Waals surface area contributed by atoms with Gasteiger partial charge < -0.3 is 13.9 Å². The number of hydrogen-bond donors (Lipinski definition) is 1. The quantitative estimate of drug-likeness (QED) is 0.856. The molecule has 3 rings (SSSR count). The second-order valence-electron chi connectivity index (χ2n) is 4.63. The molecule has 2 aromatic rings. The van der Waals surface area contributed by atoms with Crippen molar-refractivity contribution in [1.29, 1.82) is 0 Å². The number of ether oxygens (including phenoxy) is 2. The minimum Gasteiger partial charge on any atom is -0.491 e. The second-order valence-corrected chi connectivity index (χ2v) is 6.28. The summed E-state index contributed by atoms with van der Waals surface area (Å²) in [5.74, 6) is -0.271. The molecule has 0 bridgehead atoms. The van der Waals surface area contributed by atoms with E-state index in [1.807, 2.05) is 6.07 Å². The Kier molecular flexibility index (Phi) is 3.63. The average Bonchev–Trinajstić information content (AvgIpc) is 3.14. The number of fused-ring (bicyclic) bond motifs is 1. The first-order valence-electron chi connectivity index (χ1n) is 6.43. The van der Waals surface area contributed by atoms with Gasteiger partial charge in [0.15, 0.2) is 0 Å². The highest BCUT2D eigenvalue weighted by atomic mass is 32.2. The maximum atomic E-state index is 12.3. The van der Waals surface area contributed by atoms with Gasteiger partial charge in [-0.1, -0.05) is 18.2 Å². The summed E-state index contributed by atoms with van der Waals surface area (Å²) in [5.41, 5.74) is 0.755. The normalized spacial score (nSPS) is 16.9. The van der Waals surface area contributed by atoms with Crippen molar-refractivity contribution >= 4 is 16.0 Å². The van der Waals surface area contributed by atoms with Crippen LogP contribution in [0.4, 0.5) is 0 Å². The van der Waals surface area contributed by atoms with Crippen molar-refractivity contribution in [1.82, 2.24) is 4.72 Å². The first-order valence-corrected chi connectivity index (χ1v) is 7.92. The van der Waals surface area contributed by atoms with Gasteiger partial charge in [0, 0.05) is 5.56 Å². The van der Waals surface area contributed by atoms with Crippen LogP contribution in [0.1, 0.15) is 22.2 Å². The van der Waals surface area contributed by atoms with Gasteiger partial charge in [-0.3, -0.25) is 0 Å². The van der Waals surface area contributed by atoms with Crippen molar-refractivity contribution in [2.24, 2.45) is 0 Å². The van der Waals surface area contributed by atoms with E-state index in [-0.39, 0.29) is 17.5 Å². The van der Waals surface area contributed by atoms with E-state index in [0.29, 0.717) is 5.75 Å². The van der Waals surface area contributed by atoms with E-state index in [9.17, 15) is 13.2 Å². The molecule has 1 unspecified atom stereocenters. The van der Waals surface area contributed by atoms with Crippen LogP contribution in [0.5, 0.6) is 5.75 Å². The van der Waals surface area contributed by atoms with E-state index in [1.165, 1.54) is 19.2 Å². The van der Waals surface area contributed by atoms with Gasteiger partial charge in [-0.2, -0.15) is 4.72 Å². The van der Waals surface area contributed by atoms with Gasteiger partial charge in [-0.25, -0.2) is 13.2 Å². The van der Waals surface area contributed by atoms with Gasteiger partial charge in [0.05, 0.1) is 13.2 Å². The van der Waals surface area contributed by atoms with Gasteiger partial charge in [0.25, 0.3) is 10.0 Å². The molecule has 1 N–H and O–H groups in total. The van der Waals surface area contributed by atoms with Crippen LogP contribution in [0.25, 0.3) is 0 Å². The predicted molar refractivity (Wildman–Crippen MR) is 75.0 cm³/mol. The number of sulfonamides is 1. The molecule has 0 aliphatic carbocycles. The molecule has 2 heterocycles. The fourth-order valence-corrected chi connectivity index (χ4v) is 3.31. The molecule has 0 amide bonds. The summed E-state index contributed by atoms with van der Waals surface area (Å²) in [5, 5.41) is -0.350. The zero-order chi connectivity index (χ0) is 15.7. The number of benzene rings is 1. The lowest BCUT2D eigenvalue weighted by Gasteiger charge is -2.10. The number of para-hydroxylation sites is 1. The fourth-order valence-electron chi connectivity index (χ4n) is 2.18. The molecule has 0 saturated carbocycles. The molecule has 1 aliphatic rings. The molecule has 1 aliphatic heterocycles. The third kappa shape index (κ3) is 2.58. The summed E-state index contributed by atoms with van der Waals surface area (Å²) < 4.78 is 42.0. The number of carbonyl (C=O) groups excluding carboxylic acids is 1. The molecule has 0 radical (unpaired) electrons. The molecule has 0 spiro atoms. The molecule has 1 aromatic carbocycles. The number of methoxy groups -OCH3 is 1. The molecule has 0 saturated heterocycles. The third-order valence-corrected chi connectivity index (χ3v) is 4.57. The fraction of sp³-hybridized carbons (Fsp3) is 0.214. The highest BCUT2D eigenvalue weighted by molar-refractivity contribution is 7.89. The van der Waals surface area contributed by atoms with E-state index in [1.54, 1.807) is 18.2 Å². The number of furan rings is 1. The van der Waals surface area contributed by atoms with Gasteiger partial charge in [-0.15, -0.1) is 0 Å². The van der Waals surface area contributed by atoms with Crippen LogP contribution in [0.15, 0.2) is 45.9 Å². The maximum absolute atomic E-state index is 12.3. The smallest absolute Gasteiger partial charge is 0.374 e. The van der Waals surface area contributed by atoms with Crippen molar-refractivity contribution in [3.05, 3.63) is 47.7 Å². The zero-order valence-corrected chi connectivity index (χ0v) is 12.4. The highest BCUT2D eigenvalue weighted by Crippen LogP contribution is 2.32. The third-order valence-electron chi connectivity index (χ3n) is 3.23. The molecular weight excluding hydrogens is 310 g/mol. The van der Waals surface area contributed by atoms with Crippen molar-refractivity contribution in [3.63, 3.8) is 0 Å². The van der Waals surface area contributed by atoms with Gasteiger partial charge in [-0.05, 0) is 18.2 Å². The van der Waals surface area contributed by atoms with Crippen molar-refractivity contribution in [3.8, 4) is 5.75 Å². The number of carbonyl (C=O) groups is 1. The van der Waals surface area contributed by atoms with Crippen LogP contribution < -0.4 is 9.46 Å². The van der Waals surface area contributed by atoms with Crippen molar-refractivity contribution in [2.45, 2.75) is 11.1 Å². The molecule has 22 heavy (non-hydrogen) atoms. The number of rotatable bonds is 4. The standard InChI is InChI=1S/C14H13NO6S/c1-19-14(16)12-6-7-13(21-12)22(17,18)15-10-8-20-11-5-3-2-4-9(10)11/h2-7,10,15H,8H2,1H3. The Labute approximate surface area is 126 Å². The second kappa shape index (κ2) is 5.47. The van der Waals surface area contributed by atoms with Crippen LogP contribution in [-0.4, -0.2) is 28.1 Å². The van der Waals surface area contributed by atoms with Gasteiger partial charge >= 0.3 is 5.97 Å². The Morgan fingerprint density at radius 1 is 1.27 bits per heavy atom. The first-order chi connectivity index (χ1) is 10.5. The maximum Gasteiger partial charge on any atom is 0.374 e. The summed E-state index contributed by atoms with van der Waals surface area (Å²) in [4.78, 5) is 11.3. The predicted octanol–water partition coefficient (Wildman–Crippen LogP) is 1.48. The topological polar surface area (TPSA) is 94.8 Å². The van der Waals surface area contributed by atoms with Crippen LogP contribution >= 0.6 is 0 Å². The summed E-state index contributed by atoms with van der Waals surface area (Å²) in [6.45, 7) is 0.198. The Hall–Kier alpha value is -2.32. The molecule has 7 nitrogen and oxygen atoms in total. The summed E-state index contributed by atoms with van der Waals surface area (Å²) >= 11 is 0. The minimum atomic E-state index is -3.91. The zero-order valence-electron chi connectivity index (χ0n) is 11.6. The Balaban J connectivity index is 1.83. The van der Waals surface area contributed by atoms with Gasteiger partial charge in [0.1, 0.15) is 12.4 Å². The Morgan fingerprint density at radius 3 is 2.82 bits per heavy atom. The molecule has 1 aromatic heterocycles. The van der Waals surface area contributed by atoms with Crippen LogP contribution in [0.2, 0.25) is 0 Å². The lowest BCUT2D eigenvalue weighted by atomic mass is 10.1. The van der Waals surface area contributed by atoms with E-state index >= 15 is 0 Å². The summed E-state index contributed by atoms with van der Waals surface area (Å²) in [6.07, 6.45) is 0. The number of esters is 1. The lowest BCUT2D eigenvalue weighted by molar-refractivity contribution is 0.0559. The van der Waals surface area contributed by atoms with Gasteiger partial charge in [0.2, 0.25) is 10.9 Å². The Morgan fingerprint density at radius 2 is 2.05 bits per heavy atom. The first kappa shape index (κ1) is 14.6. The molecule has 0 fully saturated rings. The van der Waals surface area contributed by atoms with Crippen LogP contribution in [-0.2, 0) is 14.8 Å². The molecule has 8 heteroatoms. The summed E-state index contributed by atoms with van der Waals surface area (Å²) in [6, 6.07) is 9.12. The van der Waals surface area contributed by atoms with E-state index < -0.39 is 22.0 Å². The van der Waals surface area contributed by atoms with Crippen molar-refractivity contribution < 1.29 is 27.1 Å². The minimum absolute atomic E-state index is 0.175. The summed E-state index contributed by atoms with van der Waals surface area (Å²) in [7, 11) is -2.73. The number of hydrogen-bond acceptors (Lipinski definition) is 6. The van der Waals surface area contributed by atoms with Crippen LogP contribution in [0.3, 0.4) is 0 Å². The van der Waals surface area contributed by atoms with Crippen LogP contribution in [0, 0.1) is 0 Å². The average molecular weight is 323 g/mol. The largest absolute Gasteiger partial charge is 0.491 e. The van der Waals surface area contributed by atoms with Crippen molar-refractivity contribution in [2.75, 3.05) is 13.7 Å². The van der Waals surface area contributed by atoms with E-state index in [0.717, 1.165) is 5.56 Å². The Bertz CT molecular complexity index is 810.